The topological polar surface area (TPSA) is 38.0 Å². The van der Waals surface area contributed by atoms with E-state index in [0.29, 0.717) is 13.0 Å². The minimum absolute atomic E-state index is 0.0662. The van der Waals surface area contributed by atoms with Crippen molar-refractivity contribution in [1.29, 1.82) is 0 Å². The second kappa shape index (κ2) is 5.43. The minimum atomic E-state index is -0.238. The SMILES string of the molecule is OCCn1c(Cc2ccc(F)cc2)nc2ccccc21. The molecule has 0 amide bonds. The number of aliphatic hydroxyl groups excluding tert-OH is 1. The number of imidazole rings is 1. The van der Waals surface area contributed by atoms with Crippen molar-refractivity contribution in [3.8, 4) is 0 Å². The molecule has 1 N–H and O–H groups in total. The van der Waals surface area contributed by atoms with Crippen LogP contribution < -0.4 is 0 Å². The number of para-hydroxylation sites is 2. The van der Waals surface area contributed by atoms with Gasteiger partial charge in [0.15, 0.2) is 0 Å². The highest BCUT2D eigenvalue weighted by Gasteiger charge is 2.10. The van der Waals surface area contributed by atoms with E-state index < -0.39 is 0 Å². The average molecular weight is 270 g/mol. The first kappa shape index (κ1) is 12.8. The summed E-state index contributed by atoms with van der Waals surface area (Å²) in [7, 11) is 0. The van der Waals surface area contributed by atoms with Gasteiger partial charge in [-0.25, -0.2) is 9.37 Å². The van der Waals surface area contributed by atoms with Gasteiger partial charge in [0, 0.05) is 13.0 Å². The highest BCUT2D eigenvalue weighted by molar-refractivity contribution is 5.76. The molecule has 1 heterocycles. The number of hydrogen-bond acceptors (Lipinski definition) is 2. The molecule has 0 unspecified atom stereocenters. The zero-order chi connectivity index (χ0) is 13.9. The van der Waals surface area contributed by atoms with E-state index in [2.05, 4.69) is 4.98 Å². The van der Waals surface area contributed by atoms with Crippen molar-refractivity contribution < 1.29 is 9.50 Å². The van der Waals surface area contributed by atoms with Crippen LogP contribution in [0.1, 0.15) is 11.4 Å². The summed E-state index contributed by atoms with van der Waals surface area (Å²) < 4.78 is 15.0. The van der Waals surface area contributed by atoms with Gasteiger partial charge in [-0.2, -0.15) is 0 Å². The van der Waals surface area contributed by atoms with Crippen molar-refractivity contribution in [1.82, 2.24) is 9.55 Å². The van der Waals surface area contributed by atoms with Crippen molar-refractivity contribution in [2.45, 2.75) is 13.0 Å². The lowest BCUT2D eigenvalue weighted by Crippen LogP contribution is -2.07. The van der Waals surface area contributed by atoms with Gasteiger partial charge >= 0.3 is 0 Å². The lowest BCUT2D eigenvalue weighted by molar-refractivity contribution is 0.276. The van der Waals surface area contributed by atoms with Crippen molar-refractivity contribution in [3.05, 3.63) is 65.7 Å². The van der Waals surface area contributed by atoms with Gasteiger partial charge in [-0.05, 0) is 29.8 Å². The quantitative estimate of drug-likeness (QED) is 0.791. The van der Waals surface area contributed by atoms with Gasteiger partial charge in [-0.3, -0.25) is 0 Å². The van der Waals surface area contributed by atoms with Crippen LogP contribution in [0.5, 0.6) is 0 Å². The number of nitrogens with zero attached hydrogens (tertiary/aromatic N) is 2. The van der Waals surface area contributed by atoms with Crippen molar-refractivity contribution in [3.63, 3.8) is 0 Å². The molecule has 3 aromatic rings. The fourth-order valence-corrected chi connectivity index (χ4v) is 2.39. The standard InChI is InChI=1S/C16H15FN2O/c17-13-7-5-12(6-8-13)11-16-18-14-3-1-2-4-15(14)19(16)9-10-20/h1-8,20H,9-11H2. The van der Waals surface area contributed by atoms with Crippen LogP contribution in [0, 0.1) is 5.82 Å². The molecule has 0 aliphatic heterocycles. The lowest BCUT2D eigenvalue weighted by Gasteiger charge is -2.07. The highest BCUT2D eigenvalue weighted by atomic mass is 19.1. The van der Waals surface area contributed by atoms with Gasteiger partial charge in [0.1, 0.15) is 11.6 Å². The Morgan fingerprint density at radius 2 is 1.80 bits per heavy atom. The van der Waals surface area contributed by atoms with Gasteiger partial charge in [-0.15, -0.1) is 0 Å². The summed E-state index contributed by atoms with van der Waals surface area (Å²) >= 11 is 0. The van der Waals surface area contributed by atoms with E-state index in [4.69, 9.17) is 0 Å². The fourth-order valence-electron chi connectivity index (χ4n) is 2.39. The molecule has 102 valence electrons. The predicted octanol–water partition coefficient (Wildman–Crippen LogP) is 2.76. The van der Waals surface area contributed by atoms with E-state index in [0.717, 1.165) is 22.4 Å². The summed E-state index contributed by atoms with van der Waals surface area (Å²) in [4.78, 5) is 4.61. The summed E-state index contributed by atoms with van der Waals surface area (Å²) in [5.74, 6) is 0.643. The first-order chi connectivity index (χ1) is 9.78. The number of hydrogen-bond donors (Lipinski definition) is 1. The molecule has 0 saturated heterocycles. The molecule has 2 aromatic carbocycles. The molecular weight excluding hydrogens is 255 g/mol. The van der Waals surface area contributed by atoms with Crippen LogP contribution in [0.4, 0.5) is 4.39 Å². The molecule has 4 heteroatoms. The molecule has 0 fully saturated rings. The molecule has 1 aromatic heterocycles. The molecule has 20 heavy (non-hydrogen) atoms. The Balaban J connectivity index is 2.01. The lowest BCUT2D eigenvalue weighted by atomic mass is 10.1. The summed E-state index contributed by atoms with van der Waals surface area (Å²) in [6, 6.07) is 14.3. The minimum Gasteiger partial charge on any atom is -0.395 e. The summed E-state index contributed by atoms with van der Waals surface area (Å²) in [6.45, 7) is 0.577. The van der Waals surface area contributed by atoms with Crippen LogP contribution in [0.25, 0.3) is 11.0 Å². The van der Waals surface area contributed by atoms with Crippen LogP contribution in [-0.2, 0) is 13.0 Å². The van der Waals surface area contributed by atoms with Gasteiger partial charge in [-0.1, -0.05) is 24.3 Å². The number of benzene rings is 2. The monoisotopic (exact) mass is 270 g/mol. The largest absolute Gasteiger partial charge is 0.395 e. The van der Waals surface area contributed by atoms with Crippen molar-refractivity contribution in [2.75, 3.05) is 6.61 Å². The summed E-state index contributed by atoms with van der Waals surface area (Å²) in [5, 5.41) is 9.23. The molecule has 3 nitrogen and oxygen atoms in total. The van der Waals surface area contributed by atoms with Crippen LogP contribution in [0.2, 0.25) is 0 Å². The zero-order valence-corrected chi connectivity index (χ0v) is 11.0. The van der Waals surface area contributed by atoms with Crippen molar-refractivity contribution in [2.24, 2.45) is 0 Å². The predicted molar refractivity (Wildman–Crippen MR) is 76.0 cm³/mol. The molecule has 0 saturated carbocycles. The van der Waals surface area contributed by atoms with Crippen LogP contribution in [-0.4, -0.2) is 21.3 Å². The Hall–Kier alpha value is -2.20. The number of aromatic nitrogens is 2. The first-order valence-electron chi connectivity index (χ1n) is 6.57. The van der Waals surface area contributed by atoms with E-state index in [1.54, 1.807) is 12.1 Å². The zero-order valence-electron chi connectivity index (χ0n) is 11.0. The molecule has 0 aliphatic rings. The third kappa shape index (κ3) is 2.42. The van der Waals surface area contributed by atoms with Crippen molar-refractivity contribution >= 4 is 11.0 Å². The highest BCUT2D eigenvalue weighted by Crippen LogP contribution is 2.18. The Bertz CT molecular complexity index is 719. The van der Waals surface area contributed by atoms with E-state index >= 15 is 0 Å². The maximum absolute atomic E-state index is 12.9. The molecule has 0 atom stereocenters. The second-order valence-electron chi connectivity index (χ2n) is 4.70. The Morgan fingerprint density at radius 1 is 1.05 bits per heavy atom. The smallest absolute Gasteiger partial charge is 0.123 e. The second-order valence-corrected chi connectivity index (χ2v) is 4.70. The third-order valence-corrected chi connectivity index (χ3v) is 3.33. The number of aliphatic hydroxyl groups is 1. The average Bonchev–Trinajstić information content (AvgIpc) is 2.80. The molecule has 0 bridgehead atoms. The Morgan fingerprint density at radius 3 is 2.55 bits per heavy atom. The number of fused-ring (bicyclic) bond motifs is 1. The number of halogens is 1. The van der Waals surface area contributed by atoms with E-state index in [1.807, 2.05) is 28.8 Å². The molecular formula is C16H15FN2O. The van der Waals surface area contributed by atoms with Gasteiger partial charge in [0.25, 0.3) is 0 Å². The van der Waals surface area contributed by atoms with Crippen LogP contribution in [0.3, 0.4) is 0 Å². The molecule has 0 spiro atoms. The summed E-state index contributed by atoms with van der Waals surface area (Å²) in [5.41, 5.74) is 2.93. The third-order valence-electron chi connectivity index (χ3n) is 3.33. The van der Waals surface area contributed by atoms with E-state index in [1.165, 1.54) is 12.1 Å². The van der Waals surface area contributed by atoms with Gasteiger partial charge in [0.05, 0.1) is 17.6 Å². The Kier molecular flexibility index (Phi) is 3.48. The van der Waals surface area contributed by atoms with Crippen LogP contribution >= 0.6 is 0 Å². The van der Waals surface area contributed by atoms with Crippen LogP contribution in [0.15, 0.2) is 48.5 Å². The van der Waals surface area contributed by atoms with Gasteiger partial charge < -0.3 is 9.67 Å². The molecule has 0 radical (unpaired) electrons. The number of rotatable bonds is 4. The maximum atomic E-state index is 12.9. The molecule has 3 rings (SSSR count). The van der Waals surface area contributed by atoms with Gasteiger partial charge in [0.2, 0.25) is 0 Å². The fraction of sp³-hybridized carbons (Fsp3) is 0.188. The van der Waals surface area contributed by atoms with E-state index in [9.17, 15) is 9.50 Å². The van der Waals surface area contributed by atoms with E-state index in [-0.39, 0.29) is 12.4 Å². The Labute approximate surface area is 116 Å². The first-order valence-corrected chi connectivity index (χ1v) is 6.57. The maximum Gasteiger partial charge on any atom is 0.123 e. The summed E-state index contributed by atoms with van der Waals surface area (Å²) in [6.07, 6.45) is 0.620. The normalized spacial score (nSPS) is 11.1. The molecule has 0 aliphatic carbocycles.